The molecular formula is C12H12ClFN2O. The van der Waals surface area contributed by atoms with Gasteiger partial charge in [-0.1, -0.05) is 31.0 Å². The van der Waals surface area contributed by atoms with Crippen molar-refractivity contribution in [3.05, 3.63) is 29.0 Å². The summed E-state index contributed by atoms with van der Waals surface area (Å²) >= 11 is 5.58. The monoisotopic (exact) mass is 254 g/mol. The smallest absolute Gasteiger partial charge is 0.241 e. The van der Waals surface area contributed by atoms with Gasteiger partial charge in [0.2, 0.25) is 5.91 Å². The highest BCUT2D eigenvalue weighted by Crippen LogP contribution is 2.22. The number of nitrogens with zero attached hydrogens (tertiary/aromatic N) is 1. The third-order valence-corrected chi connectivity index (χ3v) is 2.55. The molecule has 0 aliphatic carbocycles. The van der Waals surface area contributed by atoms with Gasteiger partial charge in [0.15, 0.2) is 5.82 Å². The van der Waals surface area contributed by atoms with Gasteiger partial charge in [0, 0.05) is 0 Å². The number of nitriles is 1. The molecule has 0 fully saturated rings. The average molecular weight is 255 g/mol. The van der Waals surface area contributed by atoms with Gasteiger partial charge in [-0.25, -0.2) is 4.39 Å². The molecule has 0 aromatic heterocycles. The maximum absolute atomic E-state index is 13.5. The third-order valence-electron chi connectivity index (χ3n) is 2.26. The number of hydrogen-bond acceptors (Lipinski definition) is 2. The molecule has 1 atom stereocenters. The number of carbonyl (C=O) groups is 1. The number of carbonyl (C=O) groups excluding carboxylic acids is 1. The highest BCUT2D eigenvalue weighted by atomic mass is 35.5. The van der Waals surface area contributed by atoms with Crippen LogP contribution in [0.2, 0.25) is 5.02 Å². The van der Waals surface area contributed by atoms with E-state index in [9.17, 15) is 9.18 Å². The van der Waals surface area contributed by atoms with Gasteiger partial charge in [-0.3, -0.25) is 4.79 Å². The summed E-state index contributed by atoms with van der Waals surface area (Å²) in [4.78, 5) is 11.7. The van der Waals surface area contributed by atoms with E-state index in [-0.39, 0.29) is 10.7 Å². The standard InChI is InChI=1S/C12H12ClFN2O/c1-2-4-8(7-15)12(17)16-10-6-3-5-9(13)11(10)14/h3,5-6,8H,2,4H2,1H3,(H,16,17). The lowest BCUT2D eigenvalue weighted by atomic mass is 10.0. The molecule has 90 valence electrons. The van der Waals surface area contributed by atoms with Crippen molar-refractivity contribution in [1.29, 1.82) is 5.26 Å². The molecule has 17 heavy (non-hydrogen) atoms. The SMILES string of the molecule is CCCC(C#N)C(=O)Nc1cccc(Cl)c1F. The van der Waals surface area contributed by atoms with Crippen LogP contribution >= 0.6 is 11.6 Å². The van der Waals surface area contributed by atoms with Gasteiger partial charge in [-0.05, 0) is 18.6 Å². The minimum atomic E-state index is -0.765. The van der Waals surface area contributed by atoms with E-state index in [1.54, 1.807) is 0 Å². The summed E-state index contributed by atoms with van der Waals surface area (Å²) < 4.78 is 13.5. The first-order valence-corrected chi connectivity index (χ1v) is 5.62. The molecule has 0 heterocycles. The predicted octanol–water partition coefficient (Wildman–Crippen LogP) is 3.36. The zero-order chi connectivity index (χ0) is 12.8. The lowest BCUT2D eigenvalue weighted by molar-refractivity contribution is -0.118. The van der Waals surface area contributed by atoms with Gasteiger partial charge >= 0.3 is 0 Å². The third kappa shape index (κ3) is 3.43. The number of hydrogen-bond donors (Lipinski definition) is 1. The maximum Gasteiger partial charge on any atom is 0.241 e. The Morgan fingerprint density at radius 2 is 2.35 bits per heavy atom. The van der Waals surface area contributed by atoms with Crippen LogP contribution in [0.3, 0.4) is 0 Å². The largest absolute Gasteiger partial charge is 0.322 e. The van der Waals surface area contributed by atoms with E-state index < -0.39 is 17.6 Å². The van der Waals surface area contributed by atoms with Crippen molar-refractivity contribution < 1.29 is 9.18 Å². The molecule has 0 radical (unpaired) electrons. The molecule has 1 rings (SSSR count). The Morgan fingerprint density at radius 1 is 1.65 bits per heavy atom. The van der Waals surface area contributed by atoms with Crippen molar-refractivity contribution in [1.82, 2.24) is 0 Å². The van der Waals surface area contributed by atoms with Crippen LogP contribution in [0, 0.1) is 23.1 Å². The van der Waals surface area contributed by atoms with E-state index in [0.29, 0.717) is 12.8 Å². The average Bonchev–Trinajstić information content (AvgIpc) is 2.31. The molecule has 0 aliphatic heterocycles. The van der Waals surface area contributed by atoms with E-state index in [1.165, 1.54) is 18.2 Å². The molecule has 0 saturated heterocycles. The van der Waals surface area contributed by atoms with Crippen molar-refractivity contribution >= 4 is 23.2 Å². The number of halogens is 2. The number of benzene rings is 1. The molecule has 0 aliphatic rings. The molecule has 0 spiro atoms. The highest BCUT2D eigenvalue weighted by molar-refractivity contribution is 6.31. The van der Waals surface area contributed by atoms with Gasteiger partial charge in [0.1, 0.15) is 5.92 Å². The lowest BCUT2D eigenvalue weighted by Crippen LogP contribution is -2.22. The Bertz CT molecular complexity index is 456. The van der Waals surface area contributed by atoms with E-state index in [0.717, 1.165) is 0 Å². The number of rotatable bonds is 4. The van der Waals surface area contributed by atoms with Gasteiger partial charge in [0.25, 0.3) is 0 Å². The summed E-state index contributed by atoms with van der Waals surface area (Å²) in [5.41, 5.74) is -0.00106. The van der Waals surface area contributed by atoms with Crippen LogP contribution in [-0.4, -0.2) is 5.91 Å². The summed E-state index contributed by atoms with van der Waals surface area (Å²) in [6.07, 6.45) is 1.16. The highest BCUT2D eigenvalue weighted by Gasteiger charge is 2.18. The van der Waals surface area contributed by atoms with Gasteiger partial charge in [0.05, 0.1) is 16.8 Å². The summed E-state index contributed by atoms with van der Waals surface area (Å²) in [7, 11) is 0. The minimum absolute atomic E-state index is 0.00106. The zero-order valence-corrected chi connectivity index (χ0v) is 10.1. The molecule has 0 bridgehead atoms. The van der Waals surface area contributed by atoms with Crippen LogP contribution in [0.1, 0.15) is 19.8 Å². The fourth-order valence-electron chi connectivity index (χ4n) is 1.36. The summed E-state index contributed by atoms with van der Waals surface area (Å²) in [6, 6.07) is 6.21. The van der Waals surface area contributed by atoms with Crippen LogP contribution < -0.4 is 5.32 Å². The number of anilines is 1. The van der Waals surface area contributed by atoms with Crippen molar-refractivity contribution in [3.8, 4) is 6.07 Å². The lowest BCUT2D eigenvalue weighted by Gasteiger charge is -2.10. The normalized spacial score (nSPS) is 11.6. The first-order valence-electron chi connectivity index (χ1n) is 5.24. The summed E-state index contributed by atoms with van der Waals surface area (Å²) in [6.45, 7) is 1.87. The molecule has 0 saturated carbocycles. The molecule has 1 amide bonds. The van der Waals surface area contributed by atoms with Gasteiger partial charge in [-0.15, -0.1) is 0 Å². The van der Waals surface area contributed by atoms with E-state index in [2.05, 4.69) is 5.32 Å². The molecule has 1 aromatic rings. The van der Waals surface area contributed by atoms with E-state index in [4.69, 9.17) is 16.9 Å². The Hall–Kier alpha value is -1.60. The molecule has 1 unspecified atom stereocenters. The fraction of sp³-hybridized carbons (Fsp3) is 0.333. The Kier molecular flexibility index (Phi) is 4.92. The first-order chi connectivity index (χ1) is 8.10. The Labute approximate surface area is 104 Å². The molecular weight excluding hydrogens is 243 g/mol. The van der Waals surface area contributed by atoms with Crippen LogP contribution in [0.15, 0.2) is 18.2 Å². The van der Waals surface area contributed by atoms with Crippen molar-refractivity contribution in [3.63, 3.8) is 0 Å². The van der Waals surface area contributed by atoms with E-state index >= 15 is 0 Å². The van der Waals surface area contributed by atoms with Crippen molar-refractivity contribution in [2.24, 2.45) is 5.92 Å². The topological polar surface area (TPSA) is 52.9 Å². The summed E-state index contributed by atoms with van der Waals surface area (Å²) in [5, 5.41) is 11.1. The molecule has 5 heteroatoms. The van der Waals surface area contributed by atoms with Gasteiger partial charge < -0.3 is 5.32 Å². The van der Waals surface area contributed by atoms with Crippen molar-refractivity contribution in [2.45, 2.75) is 19.8 Å². The predicted molar refractivity (Wildman–Crippen MR) is 64.1 cm³/mol. The fourth-order valence-corrected chi connectivity index (χ4v) is 1.54. The zero-order valence-electron chi connectivity index (χ0n) is 9.34. The molecule has 1 aromatic carbocycles. The van der Waals surface area contributed by atoms with Crippen LogP contribution in [0.25, 0.3) is 0 Å². The van der Waals surface area contributed by atoms with Crippen LogP contribution in [-0.2, 0) is 4.79 Å². The van der Waals surface area contributed by atoms with Crippen molar-refractivity contribution in [2.75, 3.05) is 5.32 Å². The molecule has 3 nitrogen and oxygen atoms in total. The Balaban J connectivity index is 2.81. The second kappa shape index (κ2) is 6.21. The maximum atomic E-state index is 13.5. The second-order valence-corrected chi connectivity index (χ2v) is 3.97. The van der Waals surface area contributed by atoms with E-state index in [1.807, 2.05) is 13.0 Å². The quantitative estimate of drug-likeness (QED) is 0.896. The number of nitrogens with one attached hydrogen (secondary N) is 1. The summed E-state index contributed by atoms with van der Waals surface area (Å²) in [5.74, 6) is -1.95. The second-order valence-electron chi connectivity index (χ2n) is 3.56. The first kappa shape index (κ1) is 13.5. The van der Waals surface area contributed by atoms with Gasteiger partial charge in [-0.2, -0.15) is 5.26 Å². The Morgan fingerprint density at radius 3 is 2.94 bits per heavy atom. The minimum Gasteiger partial charge on any atom is -0.322 e. The molecule has 1 N–H and O–H groups in total. The number of amides is 1. The van der Waals surface area contributed by atoms with Crippen LogP contribution in [0.4, 0.5) is 10.1 Å². The van der Waals surface area contributed by atoms with Crippen LogP contribution in [0.5, 0.6) is 0 Å².